The van der Waals surface area contributed by atoms with Crippen molar-refractivity contribution in [1.82, 2.24) is 5.16 Å². The lowest BCUT2D eigenvalue weighted by Gasteiger charge is -2.09. The number of thiophene rings is 1. The quantitative estimate of drug-likeness (QED) is 0.556. The van der Waals surface area contributed by atoms with Crippen LogP contribution in [-0.4, -0.2) is 30.6 Å². The van der Waals surface area contributed by atoms with E-state index in [-0.39, 0.29) is 20.3 Å². The predicted molar refractivity (Wildman–Crippen MR) is 102 cm³/mol. The zero-order valence-corrected chi connectivity index (χ0v) is 16.3. The highest BCUT2D eigenvalue weighted by atomic mass is 32.2. The molecule has 1 aromatic carbocycles. The minimum atomic E-state index is -3.98. The van der Waals surface area contributed by atoms with Crippen LogP contribution in [-0.2, 0) is 10.0 Å². The molecular formula is C17H15N3O6S2. The van der Waals surface area contributed by atoms with Gasteiger partial charge < -0.3 is 14.9 Å². The van der Waals surface area contributed by atoms with Gasteiger partial charge in [-0.25, -0.2) is 13.2 Å². The molecule has 0 bridgehead atoms. The van der Waals surface area contributed by atoms with Crippen LogP contribution in [0.2, 0.25) is 0 Å². The second kappa shape index (κ2) is 7.44. The van der Waals surface area contributed by atoms with Gasteiger partial charge in [0.1, 0.15) is 20.4 Å². The number of carbonyl (C=O) groups is 2. The Kier molecular flexibility index (Phi) is 5.21. The normalized spacial score (nSPS) is 11.2. The highest BCUT2D eigenvalue weighted by Gasteiger charge is 2.22. The highest BCUT2D eigenvalue weighted by molar-refractivity contribution is 7.94. The number of anilines is 2. The molecule has 2 heterocycles. The number of sulfonamides is 1. The average Bonchev–Trinajstić information content (AvgIpc) is 3.21. The molecule has 0 spiro atoms. The zero-order chi connectivity index (χ0) is 20.5. The molecule has 3 N–H and O–H groups in total. The molecule has 0 radical (unpaired) electrons. The molecule has 1 amide bonds. The van der Waals surface area contributed by atoms with Crippen molar-refractivity contribution in [2.24, 2.45) is 0 Å². The first-order valence-electron chi connectivity index (χ1n) is 7.86. The minimum Gasteiger partial charge on any atom is -0.477 e. The summed E-state index contributed by atoms with van der Waals surface area (Å²) in [6, 6.07) is 7.41. The Hall–Kier alpha value is -3.18. The summed E-state index contributed by atoms with van der Waals surface area (Å²) in [4.78, 5) is 23.3. The SMILES string of the molecule is Cc1cc(S(=O)(=O)Nc2cccc(NC(=O)c3cnoc3C)c2)sc1C(=O)O. The third kappa shape index (κ3) is 4.05. The first kappa shape index (κ1) is 19.6. The Balaban J connectivity index is 1.80. The van der Waals surface area contributed by atoms with Crippen LogP contribution in [0.5, 0.6) is 0 Å². The molecule has 2 aromatic heterocycles. The largest absolute Gasteiger partial charge is 0.477 e. The first-order valence-corrected chi connectivity index (χ1v) is 10.2. The summed E-state index contributed by atoms with van der Waals surface area (Å²) in [5.74, 6) is -1.27. The summed E-state index contributed by atoms with van der Waals surface area (Å²) in [6.45, 7) is 3.13. The van der Waals surface area contributed by atoms with Crippen molar-refractivity contribution in [3.63, 3.8) is 0 Å². The Labute approximate surface area is 164 Å². The second-order valence-corrected chi connectivity index (χ2v) is 8.78. The summed E-state index contributed by atoms with van der Waals surface area (Å²) < 4.78 is 32.2. The van der Waals surface area contributed by atoms with Crippen LogP contribution >= 0.6 is 11.3 Å². The number of benzene rings is 1. The van der Waals surface area contributed by atoms with E-state index < -0.39 is 21.9 Å². The monoisotopic (exact) mass is 421 g/mol. The second-order valence-electron chi connectivity index (χ2n) is 5.82. The van der Waals surface area contributed by atoms with E-state index in [1.54, 1.807) is 19.1 Å². The maximum atomic E-state index is 12.6. The number of carboxylic acid groups (broad SMARTS) is 1. The molecule has 146 valence electrons. The maximum Gasteiger partial charge on any atom is 0.346 e. The molecule has 0 aliphatic carbocycles. The number of nitrogens with zero attached hydrogens (tertiary/aromatic N) is 1. The number of carboxylic acids is 1. The minimum absolute atomic E-state index is 0.0366. The molecule has 9 nitrogen and oxygen atoms in total. The van der Waals surface area contributed by atoms with Crippen LogP contribution < -0.4 is 10.0 Å². The summed E-state index contributed by atoms with van der Waals surface area (Å²) in [5.41, 5.74) is 1.20. The lowest BCUT2D eigenvalue weighted by molar-refractivity contribution is 0.0701. The molecule has 0 saturated heterocycles. The third-order valence-corrected chi connectivity index (χ3v) is 6.80. The van der Waals surface area contributed by atoms with Crippen molar-refractivity contribution in [1.29, 1.82) is 0 Å². The molecule has 0 atom stereocenters. The van der Waals surface area contributed by atoms with E-state index in [0.717, 1.165) is 0 Å². The Morgan fingerprint density at radius 1 is 1.18 bits per heavy atom. The molecule has 11 heteroatoms. The van der Waals surface area contributed by atoms with Gasteiger partial charge in [0.25, 0.3) is 15.9 Å². The molecule has 0 aliphatic rings. The van der Waals surface area contributed by atoms with E-state index in [4.69, 9.17) is 9.63 Å². The zero-order valence-electron chi connectivity index (χ0n) is 14.7. The fourth-order valence-corrected chi connectivity index (χ4v) is 4.81. The number of nitrogens with one attached hydrogen (secondary N) is 2. The van der Waals surface area contributed by atoms with Crippen LogP contribution in [0.4, 0.5) is 11.4 Å². The summed E-state index contributed by atoms with van der Waals surface area (Å²) in [6.07, 6.45) is 1.29. The molecule has 3 rings (SSSR count). The van der Waals surface area contributed by atoms with Gasteiger partial charge in [-0.1, -0.05) is 11.2 Å². The fourth-order valence-electron chi connectivity index (χ4n) is 2.38. The summed E-state index contributed by atoms with van der Waals surface area (Å²) in [5, 5.41) is 15.3. The molecule has 3 aromatic rings. The van der Waals surface area contributed by atoms with Crippen LogP contribution in [0.3, 0.4) is 0 Å². The van der Waals surface area contributed by atoms with Crippen molar-refractivity contribution < 1.29 is 27.6 Å². The maximum absolute atomic E-state index is 12.6. The molecular weight excluding hydrogens is 406 g/mol. The molecule has 0 saturated carbocycles. The number of rotatable bonds is 6. The van der Waals surface area contributed by atoms with Gasteiger partial charge in [-0.3, -0.25) is 9.52 Å². The van der Waals surface area contributed by atoms with Crippen molar-refractivity contribution in [3.8, 4) is 0 Å². The van der Waals surface area contributed by atoms with Crippen molar-refractivity contribution in [2.45, 2.75) is 18.1 Å². The van der Waals surface area contributed by atoms with Crippen LogP contribution in [0.1, 0.15) is 31.4 Å². The number of aromatic nitrogens is 1. The third-order valence-electron chi connectivity index (χ3n) is 3.72. The lowest BCUT2D eigenvalue weighted by atomic mass is 10.2. The highest BCUT2D eigenvalue weighted by Crippen LogP contribution is 2.28. The van der Waals surface area contributed by atoms with E-state index >= 15 is 0 Å². The average molecular weight is 421 g/mol. The standard InChI is InChI=1S/C17H15N3O6S2/c1-9-6-14(27-15(9)17(22)23)28(24,25)20-12-5-3-4-11(7-12)19-16(21)13-8-18-26-10(13)2/h3-8,20H,1-2H3,(H,19,21)(H,22,23). The van der Waals surface area contributed by atoms with Crippen LogP contribution in [0, 0.1) is 13.8 Å². The Morgan fingerprint density at radius 2 is 1.89 bits per heavy atom. The van der Waals surface area contributed by atoms with E-state index in [1.807, 2.05) is 0 Å². The van der Waals surface area contributed by atoms with E-state index in [2.05, 4.69) is 15.2 Å². The van der Waals surface area contributed by atoms with Crippen LogP contribution in [0.25, 0.3) is 0 Å². The number of amides is 1. The molecule has 0 unspecified atom stereocenters. The van der Waals surface area contributed by atoms with Crippen molar-refractivity contribution >= 4 is 44.6 Å². The first-order chi connectivity index (χ1) is 13.2. The molecule has 28 heavy (non-hydrogen) atoms. The summed E-state index contributed by atoms with van der Waals surface area (Å²) in [7, 11) is -3.98. The van der Waals surface area contributed by atoms with Crippen molar-refractivity contribution in [3.05, 3.63) is 58.3 Å². The van der Waals surface area contributed by atoms with Gasteiger partial charge in [-0.05, 0) is 43.7 Å². The van der Waals surface area contributed by atoms with Gasteiger partial charge >= 0.3 is 5.97 Å². The van der Waals surface area contributed by atoms with Crippen molar-refractivity contribution in [2.75, 3.05) is 10.0 Å². The molecule has 0 aliphatic heterocycles. The lowest BCUT2D eigenvalue weighted by Crippen LogP contribution is -2.14. The smallest absolute Gasteiger partial charge is 0.346 e. The topological polar surface area (TPSA) is 139 Å². The Bertz CT molecular complexity index is 1160. The van der Waals surface area contributed by atoms with Gasteiger partial charge in [-0.15, -0.1) is 11.3 Å². The predicted octanol–water partition coefficient (Wildman–Crippen LogP) is 3.10. The number of hydrogen-bond donors (Lipinski definition) is 3. The fraction of sp³-hybridized carbons (Fsp3) is 0.118. The van der Waals surface area contributed by atoms with E-state index in [9.17, 15) is 18.0 Å². The van der Waals surface area contributed by atoms with E-state index in [0.29, 0.717) is 28.3 Å². The van der Waals surface area contributed by atoms with Gasteiger partial charge in [0, 0.05) is 5.69 Å². The van der Waals surface area contributed by atoms with Gasteiger partial charge in [0.05, 0.1) is 11.9 Å². The number of aryl methyl sites for hydroxylation is 2. The number of aromatic carboxylic acids is 1. The Morgan fingerprint density at radius 3 is 2.50 bits per heavy atom. The van der Waals surface area contributed by atoms with E-state index in [1.165, 1.54) is 31.3 Å². The molecule has 0 fully saturated rings. The number of carbonyl (C=O) groups excluding carboxylic acids is 1. The number of hydrogen-bond acceptors (Lipinski definition) is 7. The van der Waals surface area contributed by atoms with Crippen LogP contribution in [0.15, 0.2) is 45.3 Å². The van der Waals surface area contributed by atoms with Gasteiger partial charge in [0.15, 0.2) is 0 Å². The summed E-state index contributed by atoms with van der Waals surface area (Å²) >= 11 is 0.671. The van der Waals surface area contributed by atoms with Gasteiger partial charge in [0.2, 0.25) is 0 Å². The van der Waals surface area contributed by atoms with Gasteiger partial charge in [-0.2, -0.15) is 0 Å².